The number of hydrogen-bond donors (Lipinski definition) is 2. The summed E-state index contributed by atoms with van der Waals surface area (Å²) in [6.07, 6.45) is 6.57. The first-order chi connectivity index (χ1) is 21.3. The smallest absolute Gasteiger partial charge is 0.412 e. The Morgan fingerprint density at radius 2 is 1.96 bits per heavy atom. The topological polar surface area (TPSA) is 130 Å². The molecule has 0 radical (unpaired) electrons. The summed E-state index contributed by atoms with van der Waals surface area (Å²) >= 11 is 6.42. The number of H-pyrrole nitrogens is 1. The van der Waals surface area contributed by atoms with E-state index in [4.69, 9.17) is 21.1 Å². The van der Waals surface area contributed by atoms with Gasteiger partial charge in [-0.05, 0) is 88.2 Å². The lowest BCUT2D eigenvalue weighted by molar-refractivity contribution is -0.383. The summed E-state index contributed by atoms with van der Waals surface area (Å²) in [5.41, 5.74) is 2.85. The van der Waals surface area contributed by atoms with Crippen molar-refractivity contribution in [3.63, 3.8) is 0 Å². The van der Waals surface area contributed by atoms with Crippen LogP contribution in [-0.2, 0) is 15.9 Å². The van der Waals surface area contributed by atoms with Gasteiger partial charge in [-0.1, -0.05) is 12.1 Å². The number of alkyl halides is 1. The van der Waals surface area contributed by atoms with E-state index in [2.05, 4.69) is 15.2 Å². The van der Waals surface area contributed by atoms with E-state index < -0.39 is 16.6 Å². The minimum atomic E-state index is -0.704. The fourth-order valence-electron chi connectivity index (χ4n) is 5.61. The van der Waals surface area contributed by atoms with Gasteiger partial charge in [-0.3, -0.25) is 20.2 Å². The molecular formula is C33H38ClN5O6. The highest BCUT2D eigenvalue weighted by atomic mass is 35.5. The van der Waals surface area contributed by atoms with Crippen molar-refractivity contribution in [1.29, 1.82) is 0 Å². The van der Waals surface area contributed by atoms with Gasteiger partial charge in [0.2, 0.25) is 0 Å². The Hall–Kier alpha value is -4.35. The van der Waals surface area contributed by atoms with Crippen LogP contribution in [0.1, 0.15) is 60.4 Å². The Kier molecular flexibility index (Phi) is 9.22. The number of amides is 2. The normalized spacial score (nSPS) is 17.3. The standard InChI is InChI=1S/C33H38ClN5O6/c1-33(2,3)45-32(41)35-22-10-12-24-25(16-22)28(39(42)43)17-29-30(24)21(18-34)19-38(29)31(40)27-15-20-9-11-23(44-14-13-37(4)5)7-6-8-26(20)36-27/h6,8,10-12,15-17,21,36H,7,9,13-14,18-19H2,1-5H3,(H,35,41)/b8-6?,23-11+. The molecule has 0 spiro atoms. The molecule has 12 heteroatoms. The molecule has 0 saturated heterocycles. The second-order valence-electron chi connectivity index (χ2n) is 12.5. The third kappa shape index (κ3) is 7.15. The summed E-state index contributed by atoms with van der Waals surface area (Å²) < 4.78 is 11.3. The summed E-state index contributed by atoms with van der Waals surface area (Å²) in [6.45, 7) is 6.92. The summed E-state index contributed by atoms with van der Waals surface area (Å²) in [7, 11) is 4.00. The number of nitro benzene ring substituents is 1. The van der Waals surface area contributed by atoms with E-state index in [-0.39, 0.29) is 29.9 Å². The average Bonchev–Trinajstić information content (AvgIpc) is 3.53. The van der Waals surface area contributed by atoms with E-state index in [1.165, 1.54) is 6.07 Å². The van der Waals surface area contributed by atoms with Gasteiger partial charge in [0.25, 0.3) is 11.6 Å². The second-order valence-corrected chi connectivity index (χ2v) is 12.8. The van der Waals surface area contributed by atoms with Crippen molar-refractivity contribution in [1.82, 2.24) is 9.88 Å². The number of nitrogens with zero attached hydrogens (tertiary/aromatic N) is 3. The lowest BCUT2D eigenvalue weighted by Crippen LogP contribution is -2.30. The number of hydrogen-bond acceptors (Lipinski definition) is 7. The fraction of sp³-hybridized carbons (Fsp3) is 0.394. The largest absolute Gasteiger partial charge is 0.497 e. The number of aromatic amines is 1. The van der Waals surface area contributed by atoms with Gasteiger partial charge in [-0.2, -0.15) is 0 Å². The molecule has 11 nitrogen and oxygen atoms in total. The number of fused-ring (bicyclic) bond motifs is 4. The van der Waals surface area contributed by atoms with E-state index in [0.29, 0.717) is 47.3 Å². The predicted octanol–water partition coefficient (Wildman–Crippen LogP) is 6.83. The monoisotopic (exact) mass is 635 g/mol. The molecule has 1 aliphatic heterocycles. The number of carbonyl (C=O) groups is 2. The molecule has 3 aromatic rings. The van der Waals surface area contributed by atoms with Gasteiger partial charge >= 0.3 is 6.09 Å². The van der Waals surface area contributed by atoms with Crippen molar-refractivity contribution >= 4 is 57.5 Å². The number of rotatable bonds is 8. The molecule has 1 aliphatic carbocycles. The first-order valence-electron chi connectivity index (χ1n) is 14.8. The Bertz CT molecular complexity index is 1700. The molecule has 2 heterocycles. The van der Waals surface area contributed by atoms with Crippen LogP contribution in [-0.4, -0.2) is 72.1 Å². The van der Waals surface area contributed by atoms with Crippen LogP contribution >= 0.6 is 11.6 Å². The molecule has 1 atom stereocenters. The van der Waals surface area contributed by atoms with Gasteiger partial charge in [0.1, 0.15) is 17.9 Å². The fourth-order valence-corrected chi connectivity index (χ4v) is 5.87. The zero-order chi connectivity index (χ0) is 32.5. The van der Waals surface area contributed by atoms with Crippen LogP contribution in [0.2, 0.25) is 0 Å². The average molecular weight is 636 g/mol. The number of benzene rings is 2. The van der Waals surface area contributed by atoms with Crippen LogP contribution in [0.25, 0.3) is 16.8 Å². The zero-order valence-electron chi connectivity index (χ0n) is 26.1. The number of allylic oxidation sites excluding steroid dienone is 2. The summed E-state index contributed by atoms with van der Waals surface area (Å²) in [4.78, 5) is 45.0. The summed E-state index contributed by atoms with van der Waals surface area (Å²) in [5.74, 6) is 0.550. The lowest BCUT2D eigenvalue weighted by atomic mass is 9.94. The second kappa shape index (κ2) is 12.9. The SMILES string of the molecule is CN(C)CCO/C1=C/Cc2cc(C(=O)N3CC(CCl)c4c3cc([N+](=O)[O-])c3cc(NC(=O)OC(C)(C)C)ccc43)[nH]c2C=CC1. The number of nitro groups is 1. The van der Waals surface area contributed by atoms with Gasteiger partial charge in [0, 0.05) is 48.8 Å². The zero-order valence-corrected chi connectivity index (χ0v) is 26.9. The Balaban J connectivity index is 1.46. The summed E-state index contributed by atoms with van der Waals surface area (Å²) in [5, 5.41) is 15.9. The van der Waals surface area contributed by atoms with Crippen molar-refractivity contribution in [2.24, 2.45) is 0 Å². The molecule has 2 amide bonds. The third-order valence-corrected chi connectivity index (χ3v) is 8.03. The van der Waals surface area contributed by atoms with Gasteiger partial charge in [0.15, 0.2) is 0 Å². The minimum absolute atomic E-state index is 0.182. The lowest BCUT2D eigenvalue weighted by Gasteiger charge is -2.20. The van der Waals surface area contributed by atoms with Crippen molar-refractivity contribution in [2.45, 2.75) is 45.1 Å². The van der Waals surface area contributed by atoms with Crippen LogP contribution < -0.4 is 10.2 Å². The van der Waals surface area contributed by atoms with Crippen molar-refractivity contribution in [3.8, 4) is 0 Å². The number of nitrogens with one attached hydrogen (secondary N) is 2. The van der Waals surface area contributed by atoms with Crippen LogP contribution in [0.15, 0.2) is 48.2 Å². The number of aromatic nitrogens is 1. The minimum Gasteiger partial charge on any atom is -0.497 e. The van der Waals surface area contributed by atoms with Gasteiger partial charge in [-0.25, -0.2) is 4.79 Å². The molecule has 2 aliphatic rings. The van der Waals surface area contributed by atoms with Crippen molar-refractivity contribution in [2.75, 3.05) is 49.9 Å². The number of non-ortho nitro benzene ring substituents is 1. The van der Waals surface area contributed by atoms with E-state index in [1.807, 2.05) is 38.4 Å². The first-order valence-corrected chi connectivity index (χ1v) is 15.4. The quantitative estimate of drug-likeness (QED) is 0.158. The number of anilines is 2. The number of carbonyl (C=O) groups excluding carboxylic acids is 2. The highest BCUT2D eigenvalue weighted by Gasteiger charge is 2.37. The van der Waals surface area contributed by atoms with Crippen LogP contribution in [0.3, 0.4) is 0 Å². The molecule has 5 rings (SSSR count). The Labute approximate surface area is 266 Å². The molecule has 0 bridgehead atoms. The highest BCUT2D eigenvalue weighted by Crippen LogP contribution is 2.46. The van der Waals surface area contributed by atoms with Crippen LogP contribution in [0, 0.1) is 10.1 Å². The van der Waals surface area contributed by atoms with E-state index in [0.717, 1.165) is 29.1 Å². The number of likely N-dealkylation sites (N-methyl/N-ethyl adjacent to an activating group) is 1. The maximum Gasteiger partial charge on any atom is 0.412 e. The van der Waals surface area contributed by atoms with E-state index in [1.54, 1.807) is 43.9 Å². The maximum absolute atomic E-state index is 14.0. The number of ether oxygens (including phenoxy) is 2. The molecule has 45 heavy (non-hydrogen) atoms. The summed E-state index contributed by atoms with van der Waals surface area (Å²) in [6, 6.07) is 8.19. The molecule has 2 aromatic carbocycles. The molecule has 1 aromatic heterocycles. The van der Waals surface area contributed by atoms with Gasteiger partial charge in [-0.15, -0.1) is 11.6 Å². The Morgan fingerprint density at radius 1 is 1.18 bits per heavy atom. The highest BCUT2D eigenvalue weighted by molar-refractivity contribution is 6.19. The predicted molar refractivity (Wildman–Crippen MR) is 176 cm³/mol. The van der Waals surface area contributed by atoms with E-state index >= 15 is 0 Å². The van der Waals surface area contributed by atoms with Gasteiger partial charge in [0.05, 0.1) is 21.8 Å². The molecule has 2 N–H and O–H groups in total. The molecule has 238 valence electrons. The first kappa shape index (κ1) is 32.1. The van der Waals surface area contributed by atoms with Crippen molar-refractivity contribution < 1.29 is 24.0 Å². The van der Waals surface area contributed by atoms with E-state index in [9.17, 15) is 19.7 Å². The molecule has 0 saturated carbocycles. The molecule has 1 unspecified atom stereocenters. The maximum atomic E-state index is 14.0. The van der Waals surface area contributed by atoms with Gasteiger partial charge < -0.3 is 24.3 Å². The van der Waals surface area contributed by atoms with Crippen molar-refractivity contribution in [3.05, 3.63) is 80.9 Å². The third-order valence-electron chi connectivity index (χ3n) is 7.65. The van der Waals surface area contributed by atoms with Crippen LogP contribution in [0.5, 0.6) is 0 Å². The van der Waals surface area contributed by atoms with Crippen LogP contribution in [0.4, 0.5) is 21.9 Å². The molecular weight excluding hydrogens is 598 g/mol. The number of halogens is 1. The molecule has 0 fully saturated rings. The Morgan fingerprint density at radius 3 is 2.64 bits per heavy atom.